The van der Waals surface area contributed by atoms with E-state index in [0.717, 1.165) is 16.7 Å². The maximum atomic E-state index is 14.7. The van der Waals surface area contributed by atoms with Crippen LogP contribution in [0, 0.1) is 6.92 Å². The number of sulfonamides is 1. The Bertz CT molecular complexity index is 2120. The van der Waals surface area contributed by atoms with Crippen molar-refractivity contribution in [2.75, 3.05) is 5.75 Å². The summed E-state index contributed by atoms with van der Waals surface area (Å²) in [6, 6.07) is 33.6. The van der Waals surface area contributed by atoms with E-state index < -0.39 is 38.9 Å². The van der Waals surface area contributed by atoms with Crippen molar-refractivity contribution in [1.29, 1.82) is 0 Å². The van der Waals surface area contributed by atoms with E-state index >= 15 is 0 Å². The van der Waals surface area contributed by atoms with Crippen LogP contribution in [0.25, 0.3) is 5.69 Å². The van der Waals surface area contributed by atoms with Gasteiger partial charge in [-0.2, -0.15) is 0 Å². The maximum absolute atomic E-state index is 14.7. The second kappa shape index (κ2) is 12.0. The third kappa shape index (κ3) is 4.96. The number of piperidine rings is 1. The Morgan fingerprint density at radius 2 is 1.30 bits per heavy atom. The lowest BCUT2D eigenvalue weighted by Crippen LogP contribution is -2.52. The van der Waals surface area contributed by atoms with Crippen LogP contribution >= 0.6 is 11.8 Å². The van der Waals surface area contributed by atoms with E-state index in [0.29, 0.717) is 23.6 Å². The lowest BCUT2D eigenvalue weighted by atomic mass is 9.82. The summed E-state index contributed by atoms with van der Waals surface area (Å²) < 4.78 is 35.2. The van der Waals surface area contributed by atoms with Gasteiger partial charge >= 0.3 is 11.4 Å². The molecule has 0 amide bonds. The highest BCUT2D eigenvalue weighted by molar-refractivity contribution is 8.00. The first kappa shape index (κ1) is 30.1. The van der Waals surface area contributed by atoms with E-state index in [4.69, 9.17) is 0 Å². The summed E-state index contributed by atoms with van der Waals surface area (Å²) >= 11 is 1.57. The average molecular weight is 651 g/mol. The first-order chi connectivity index (χ1) is 22.3. The molecule has 0 N–H and O–H groups in total. The van der Waals surface area contributed by atoms with E-state index in [1.165, 1.54) is 18.2 Å². The number of para-hydroxylation sites is 1. The molecule has 8 nitrogen and oxygen atoms in total. The minimum Gasteiger partial charge on any atom is -0.255 e. The van der Waals surface area contributed by atoms with Crippen molar-refractivity contribution in [3.05, 3.63) is 165 Å². The molecule has 4 atom stereocenters. The van der Waals surface area contributed by atoms with Crippen LogP contribution in [0.15, 0.2) is 142 Å². The van der Waals surface area contributed by atoms with Crippen LogP contribution in [0.5, 0.6) is 0 Å². The summed E-state index contributed by atoms with van der Waals surface area (Å²) in [6.45, 7) is 3.94. The number of aromatic nitrogens is 3. The van der Waals surface area contributed by atoms with E-state index in [-0.39, 0.29) is 10.8 Å². The molecule has 1 fully saturated rings. The molecule has 3 heterocycles. The van der Waals surface area contributed by atoms with Gasteiger partial charge in [-0.3, -0.25) is 4.31 Å². The third-order valence-electron chi connectivity index (χ3n) is 8.84. The van der Waals surface area contributed by atoms with Gasteiger partial charge in [0, 0.05) is 5.92 Å². The predicted octanol–water partition coefficient (Wildman–Crippen LogP) is 6.09. The van der Waals surface area contributed by atoms with Crippen molar-refractivity contribution in [2.45, 2.75) is 48.5 Å². The zero-order chi connectivity index (χ0) is 32.0. The van der Waals surface area contributed by atoms with Gasteiger partial charge in [0.1, 0.15) is 12.1 Å². The molecule has 0 saturated carbocycles. The Hall–Kier alpha value is -4.54. The Labute approximate surface area is 272 Å². The van der Waals surface area contributed by atoms with Crippen LogP contribution in [0.1, 0.15) is 48.0 Å². The van der Waals surface area contributed by atoms with Crippen LogP contribution in [0.4, 0.5) is 0 Å². The minimum absolute atomic E-state index is 0.186. The molecule has 5 aromatic rings. The fraction of sp³-hybridized carbons (Fsp3) is 0.222. The molecule has 0 bridgehead atoms. The summed E-state index contributed by atoms with van der Waals surface area (Å²) in [7, 11) is -4.07. The molecule has 0 radical (unpaired) electrons. The summed E-state index contributed by atoms with van der Waals surface area (Å²) in [5, 5.41) is -0.439. The molecule has 46 heavy (non-hydrogen) atoms. The normalized spacial score (nSPS) is 20.9. The number of rotatable bonds is 7. The van der Waals surface area contributed by atoms with E-state index in [2.05, 4.69) is 0 Å². The molecule has 2 aliphatic rings. The summed E-state index contributed by atoms with van der Waals surface area (Å²) in [6.07, 6.45) is 2.34. The minimum atomic E-state index is -4.07. The fourth-order valence-electron chi connectivity index (χ4n) is 6.77. The molecule has 10 heteroatoms. The van der Waals surface area contributed by atoms with Gasteiger partial charge in [0.05, 0.1) is 21.7 Å². The quantitative estimate of drug-likeness (QED) is 0.213. The van der Waals surface area contributed by atoms with Crippen molar-refractivity contribution in [3.8, 4) is 5.69 Å². The number of benzene rings is 4. The number of hydrogen-bond donors (Lipinski definition) is 0. The monoisotopic (exact) mass is 650 g/mol. The predicted molar refractivity (Wildman–Crippen MR) is 182 cm³/mol. The number of thioether (sulfide) groups is 1. The highest BCUT2D eigenvalue weighted by Crippen LogP contribution is 2.51. The lowest BCUT2D eigenvalue weighted by Gasteiger charge is -2.48. The Balaban J connectivity index is 1.55. The van der Waals surface area contributed by atoms with Crippen molar-refractivity contribution in [2.24, 2.45) is 0 Å². The molecule has 2 aliphatic heterocycles. The smallest absolute Gasteiger partial charge is 0.255 e. The van der Waals surface area contributed by atoms with Crippen LogP contribution in [0.2, 0.25) is 0 Å². The van der Waals surface area contributed by atoms with Crippen LogP contribution in [0.3, 0.4) is 0 Å². The van der Waals surface area contributed by atoms with Gasteiger partial charge in [-0.15, -0.1) is 11.8 Å². The highest BCUT2D eigenvalue weighted by atomic mass is 32.2. The summed E-state index contributed by atoms with van der Waals surface area (Å²) in [5.74, 6) is 0.411. The van der Waals surface area contributed by atoms with Crippen LogP contribution in [-0.4, -0.2) is 37.8 Å². The fourth-order valence-corrected chi connectivity index (χ4v) is 9.83. The number of aryl methyl sites for hydroxylation is 1. The lowest BCUT2D eigenvalue weighted by molar-refractivity contribution is 0.217. The number of allylic oxidation sites excluding steroid dienone is 2. The molecular weight excluding hydrogens is 617 g/mol. The topological polar surface area (TPSA) is 86.3 Å². The van der Waals surface area contributed by atoms with Crippen molar-refractivity contribution < 1.29 is 8.42 Å². The summed E-state index contributed by atoms with van der Waals surface area (Å²) in [5.41, 5.74) is 2.66. The van der Waals surface area contributed by atoms with E-state index in [1.54, 1.807) is 60.3 Å². The second-order valence-electron chi connectivity index (χ2n) is 11.6. The molecule has 234 valence electrons. The van der Waals surface area contributed by atoms with Crippen molar-refractivity contribution >= 4 is 21.8 Å². The Morgan fingerprint density at radius 1 is 0.739 bits per heavy atom. The highest BCUT2D eigenvalue weighted by Gasteiger charge is 2.50. The van der Waals surface area contributed by atoms with Gasteiger partial charge in [-0.25, -0.2) is 31.9 Å². The second-order valence-corrected chi connectivity index (χ2v) is 14.9. The molecule has 1 aromatic heterocycles. The van der Waals surface area contributed by atoms with Crippen molar-refractivity contribution in [3.63, 3.8) is 0 Å². The van der Waals surface area contributed by atoms with Crippen LogP contribution < -0.4 is 11.4 Å². The largest absolute Gasteiger partial charge is 0.352 e. The third-order valence-corrected chi connectivity index (χ3v) is 11.9. The molecule has 0 aliphatic carbocycles. The summed E-state index contributed by atoms with van der Waals surface area (Å²) in [4.78, 5) is 29.2. The standard InChI is InChI=1S/C36H34N4O4S2/c1-3-45-33-23-30(26-13-7-4-8-14-26)34-32(40(33)46(43,44)29-21-19-25(2)20-22-29)24-31(27-15-9-5-10-16-27)38-35(41)37(36(42)39(34)38)28-17-11-6-12-18-28/h4-22,24,30-31,33-34H,3,23H2,1-2H3/t30-,31-,33-,34-/m1/s1. The van der Waals surface area contributed by atoms with Gasteiger partial charge in [0.15, 0.2) is 0 Å². The van der Waals surface area contributed by atoms with Gasteiger partial charge in [0.2, 0.25) is 0 Å². The Kier molecular flexibility index (Phi) is 7.86. The SMILES string of the molecule is CCS[C@@H]1C[C@H](c2ccccc2)[C@@H]2C(=C[C@H](c3ccccc3)n3c(=O)n(-c4ccccc4)c(=O)n32)N1S(=O)(=O)c1ccc(C)cc1. The first-order valence-corrected chi connectivity index (χ1v) is 17.9. The zero-order valence-electron chi connectivity index (χ0n) is 25.5. The molecule has 4 aromatic carbocycles. The molecule has 7 rings (SSSR count). The van der Waals surface area contributed by atoms with Crippen LogP contribution in [-0.2, 0) is 10.0 Å². The first-order valence-electron chi connectivity index (χ1n) is 15.4. The molecule has 0 unspecified atom stereocenters. The van der Waals surface area contributed by atoms with Gasteiger partial charge in [0.25, 0.3) is 10.0 Å². The molecule has 0 spiro atoms. The van der Waals surface area contributed by atoms with Gasteiger partial charge in [-0.1, -0.05) is 103 Å². The number of hydrogen-bond acceptors (Lipinski definition) is 5. The van der Waals surface area contributed by atoms with Gasteiger partial charge in [-0.05, 0) is 60.6 Å². The van der Waals surface area contributed by atoms with Gasteiger partial charge < -0.3 is 0 Å². The number of nitrogens with zero attached hydrogens (tertiary/aromatic N) is 4. The zero-order valence-corrected chi connectivity index (χ0v) is 27.1. The van der Waals surface area contributed by atoms with E-state index in [1.807, 2.05) is 86.7 Å². The molecular formula is C36H34N4O4S2. The van der Waals surface area contributed by atoms with Crippen molar-refractivity contribution in [1.82, 2.24) is 18.2 Å². The average Bonchev–Trinajstić information content (AvgIpc) is 3.34. The maximum Gasteiger partial charge on any atom is 0.352 e. The number of fused-ring (bicyclic) bond motifs is 3. The Morgan fingerprint density at radius 3 is 1.91 bits per heavy atom. The molecule has 1 saturated heterocycles. The van der Waals surface area contributed by atoms with E-state index in [9.17, 15) is 18.0 Å².